The molecule has 0 atom stereocenters. The molecule has 0 aliphatic carbocycles. The molecule has 0 spiro atoms. The van der Waals surface area contributed by atoms with Crippen molar-refractivity contribution in [3.63, 3.8) is 0 Å². The molecule has 0 radical (unpaired) electrons. The highest BCUT2D eigenvalue weighted by molar-refractivity contribution is 6.04. The van der Waals surface area contributed by atoms with Gasteiger partial charge in [-0.2, -0.15) is 5.26 Å². The Morgan fingerprint density at radius 1 is 1.21 bits per heavy atom. The second kappa shape index (κ2) is 8.63. The number of nitrogens with two attached hydrogens (primary N) is 1. The zero-order chi connectivity index (χ0) is 20.8. The maximum atomic E-state index is 12.0. The van der Waals surface area contributed by atoms with Crippen LogP contribution in [0.3, 0.4) is 0 Å². The molecular formula is C21H18N6O2. The molecule has 0 saturated carbocycles. The fraction of sp³-hybridized carbons (Fsp3) is 0.0952. The van der Waals surface area contributed by atoms with E-state index in [4.69, 9.17) is 11.0 Å². The maximum Gasteiger partial charge on any atom is 0.249 e. The van der Waals surface area contributed by atoms with Gasteiger partial charge in [0.05, 0.1) is 6.07 Å². The summed E-state index contributed by atoms with van der Waals surface area (Å²) in [4.78, 5) is 31.8. The predicted molar refractivity (Wildman–Crippen MR) is 111 cm³/mol. The molecule has 1 aromatic carbocycles. The van der Waals surface area contributed by atoms with E-state index in [0.717, 1.165) is 39.6 Å². The van der Waals surface area contributed by atoms with Crippen molar-refractivity contribution in [1.29, 1.82) is 5.26 Å². The smallest absolute Gasteiger partial charge is 0.249 e. The van der Waals surface area contributed by atoms with Crippen LogP contribution in [0.25, 0.3) is 21.9 Å². The van der Waals surface area contributed by atoms with Crippen LogP contribution in [0.15, 0.2) is 55.0 Å². The number of pyridine rings is 2. The summed E-state index contributed by atoms with van der Waals surface area (Å²) >= 11 is 0. The standard InChI is InChI=1S/C21H18N6O2/c1-13-4-6-24-11-16(13)14-8-15-10-19(26-12-17(15)18(23)9-14)27-21(29)3-2-20(28)25-7-5-22/h2-4,6,8-12H,7,23H2,1H3,(H,25,28)(H,26,27,29)/b3-2-. The minimum atomic E-state index is -0.530. The number of aromatic nitrogens is 2. The van der Waals surface area contributed by atoms with E-state index in [-0.39, 0.29) is 6.54 Å². The number of nitrogens with one attached hydrogen (secondary N) is 2. The summed E-state index contributed by atoms with van der Waals surface area (Å²) in [5, 5.41) is 14.9. The quantitative estimate of drug-likeness (QED) is 0.350. The minimum absolute atomic E-state index is 0.128. The highest BCUT2D eigenvalue weighted by Gasteiger charge is 2.09. The van der Waals surface area contributed by atoms with Crippen molar-refractivity contribution in [3.8, 4) is 17.2 Å². The van der Waals surface area contributed by atoms with E-state index in [1.807, 2.05) is 25.1 Å². The van der Waals surface area contributed by atoms with E-state index in [2.05, 4.69) is 20.6 Å². The molecule has 0 unspecified atom stereocenters. The molecule has 8 nitrogen and oxygen atoms in total. The molecular weight excluding hydrogens is 368 g/mol. The van der Waals surface area contributed by atoms with Gasteiger partial charge in [0.2, 0.25) is 11.8 Å². The third-order valence-electron chi connectivity index (χ3n) is 4.20. The lowest BCUT2D eigenvalue weighted by Gasteiger charge is -2.10. The van der Waals surface area contributed by atoms with Crippen molar-refractivity contribution in [3.05, 3.63) is 60.6 Å². The fourth-order valence-corrected chi connectivity index (χ4v) is 2.78. The number of anilines is 2. The summed E-state index contributed by atoms with van der Waals surface area (Å²) in [5.41, 5.74) is 9.71. The lowest BCUT2D eigenvalue weighted by molar-refractivity contribution is -0.117. The number of rotatable bonds is 5. The third kappa shape index (κ3) is 4.73. The second-order valence-electron chi connectivity index (χ2n) is 6.25. The highest BCUT2D eigenvalue weighted by atomic mass is 16.2. The number of fused-ring (bicyclic) bond motifs is 1. The van der Waals surface area contributed by atoms with Crippen molar-refractivity contribution in [2.45, 2.75) is 6.92 Å². The SMILES string of the molecule is Cc1ccncc1-c1cc(N)c2cnc(NC(=O)/C=C\C(=O)NCC#N)cc2c1. The lowest BCUT2D eigenvalue weighted by Crippen LogP contribution is -2.21. The summed E-state index contributed by atoms with van der Waals surface area (Å²) in [6.07, 6.45) is 7.22. The molecule has 3 rings (SSSR count). The van der Waals surface area contributed by atoms with Crippen LogP contribution in [0, 0.1) is 18.3 Å². The maximum absolute atomic E-state index is 12.0. The molecule has 2 amide bonds. The van der Waals surface area contributed by atoms with Gasteiger partial charge < -0.3 is 16.4 Å². The lowest BCUT2D eigenvalue weighted by atomic mass is 9.99. The zero-order valence-electron chi connectivity index (χ0n) is 15.6. The number of nitrogens with zero attached hydrogens (tertiary/aromatic N) is 3. The Bertz CT molecular complexity index is 1160. The Morgan fingerprint density at radius 2 is 2.00 bits per heavy atom. The third-order valence-corrected chi connectivity index (χ3v) is 4.20. The average molecular weight is 386 g/mol. The highest BCUT2D eigenvalue weighted by Crippen LogP contribution is 2.31. The van der Waals surface area contributed by atoms with E-state index in [0.29, 0.717) is 11.5 Å². The first-order valence-electron chi connectivity index (χ1n) is 8.72. The topological polar surface area (TPSA) is 134 Å². The molecule has 0 saturated heterocycles. The van der Waals surface area contributed by atoms with Gasteiger partial charge in [-0.3, -0.25) is 14.6 Å². The molecule has 0 bridgehead atoms. The van der Waals surface area contributed by atoms with Gasteiger partial charge >= 0.3 is 0 Å². The van der Waals surface area contributed by atoms with Gasteiger partial charge in [0.25, 0.3) is 0 Å². The molecule has 144 valence electrons. The molecule has 8 heteroatoms. The number of amides is 2. The normalized spacial score (nSPS) is 10.6. The monoisotopic (exact) mass is 386 g/mol. The van der Waals surface area contributed by atoms with Crippen LogP contribution in [-0.4, -0.2) is 28.3 Å². The van der Waals surface area contributed by atoms with E-state index in [1.54, 1.807) is 30.7 Å². The minimum Gasteiger partial charge on any atom is -0.398 e. The van der Waals surface area contributed by atoms with Crippen LogP contribution in [0.1, 0.15) is 5.56 Å². The van der Waals surface area contributed by atoms with Gasteiger partial charge in [-0.25, -0.2) is 4.98 Å². The average Bonchev–Trinajstić information content (AvgIpc) is 2.70. The van der Waals surface area contributed by atoms with Crippen LogP contribution in [-0.2, 0) is 9.59 Å². The number of hydrogen-bond donors (Lipinski definition) is 3. The van der Waals surface area contributed by atoms with E-state index in [9.17, 15) is 9.59 Å². The van der Waals surface area contributed by atoms with Crippen LogP contribution < -0.4 is 16.4 Å². The van der Waals surface area contributed by atoms with Crippen molar-refractivity contribution in [2.75, 3.05) is 17.6 Å². The summed E-state index contributed by atoms with van der Waals surface area (Å²) in [5.74, 6) is -0.724. The first-order chi connectivity index (χ1) is 14.0. The van der Waals surface area contributed by atoms with Crippen molar-refractivity contribution < 1.29 is 9.59 Å². The molecule has 3 aromatic rings. The number of carbonyl (C=O) groups excluding carboxylic acids is 2. The van der Waals surface area contributed by atoms with Crippen LogP contribution in [0.2, 0.25) is 0 Å². The largest absolute Gasteiger partial charge is 0.398 e. The fourth-order valence-electron chi connectivity index (χ4n) is 2.78. The molecule has 0 fully saturated rings. The Labute approximate surface area is 167 Å². The number of nitriles is 1. The van der Waals surface area contributed by atoms with Gasteiger partial charge in [-0.15, -0.1) is 0 Å². The Hall–Kier alpha value is -4.25. The van der Waals surface area contributed by atoms with E-state index in [1.165, 1.54) is 0 Å². The van der Waals surface area contributed by atoms with Gasteiger partial charge in [-0.05, 0) is 47.7 Å². The Balaban J connectivity index is 1.85. The van der Waals surface area contributed by atoms with Gasteiger partial charge in [-0.1, -0.05) is 0 Å². The summed E-state index contributed by atoms with van der Waals surface area (Å²) < 4.78 is 0. The van der Waals surface area contributed by atoms with Gasteiger partial charge in [0.1, 0.15) is 12.4 Å². The number of aryl methyl sites for hydroxylation is 1. The van der Waals surface area contributed by atoms with Gasteiger partial charge in [0.15, 0.2) is 0 Å². The summed E-state index contributed by atoms with van der Waals surface area (Å²) in [6.45, 7) is 1.87. The predicted octanol–water partition coefficient (Wildman–Crippen LogP) is 2.32. The van der Waals surface area contributed by atoms with Crippen molar-refractivity contribution in [1.82, 2.24) is 15.3 Å². The summed E-state index contributed by atoms with van der Waals surface area (Å²) in [7, 11) is 0. The molecule has 29 heavy (non-hydrogen) atoms. The van der Waals surface area contributed by atoms with Gasteiger partial charge in [0, 0.05) is 47.4 Å². The molecule has 0 aliphatic rings. The van der Waals surface area contributed by atoms with Crippen LogP contribution in [0.5, 0.6) is 0 Å². The first-order valence-corrected chi connectivity index (χ1v) is 8.72. The van der Waals surface area contributed by atoms with Crippen LogP contribution in [0.4, 0.5) is 11.5 Å². The molecule has 2 heterocycles. The van der Waals surface area contributed by atoms with E-state index < -0.39 is 11.8 Å². The van der Waals surface area contributed by atoms with E-state index >= 15 is 0 Å². The van der Waals surface area contributed by atoms with Crippen molar-refractivity contribution >= 4 is 34.1 Å². The van der Waals surface area contributed by atoms with Crippen LogP contribution >= 0.6 is 0 Å². The second-order valence-corrected chi connectivity index (χ2v) is 6.25. The molecule has 4 N–H and O–H groups in total. The molecule has 0 aliphatic heterocycles. The molecule has 2 aromatic heterocycles. The number of nitrogen functional groups attached to an aromatic ring is 1. The number of benzene rings is 1. The Kier molecular flexibility index (Phi) is 5.80. The Morgan fingerprint density at radius 3 is 2.76 bits per heavy atom. The van der Waals surface area contributed by atoms with Crippen molar-refractivity contribution in [2.24, 2.45) is 0 Å². The zero-order valence-corrected chi connectivity index (χ0v) is 15.6. The number of carbonyl (C=O) groups is 2. The number of hydrogen-bond acceptors (Lipinski definition) is 6. The first kappa shape index (κ1) is 19.5. The summed E-state index contributed by atoms with van der Waals surface area (Å²) in [6, 6.07) is 9.24.